The summed E-state index contributed by atoms with van der Waals surface area (Å²) in [6, 6.07) is 0. The molecule has 0 heterocycles. The molecule has 1 N–H and O–H groups in total. The lowest BCUT2D eigenvalue weighted by Crippen LogP contribution is -2.46. The summed E-state index contributed by atoms with van der Waals surface area (Å²) in [5, 5.41) is 10.6. The minimum atomic E-state index is -0.976. The van der Waals surface area contributed by atoms with Crippen molar-refractivity contribution in [2.45, 2.75) is 77.2 Å². The van der Waals surface area contributed by atoms with E-state index in [-0.39, 0.29) is 11.7 Å². The molecule has 2 heteroatoms. The fourth-order valence-corrected chi connectivity index (χ4v) is 3.70. The van der Waals surface area contributed by atoms with E-state index in [0.29, 0.717) is 18.8 Å². The molecule has 104 valence electrons. The van der Waals surface area contributed by atoms with Crippen LogP contribution < -0.4 is 0 Å². The van der Waals surface area contributed by atoms with Gasteiger partial charge >= 0.3 is 0 Å². The van der Waals surface area contributed by atoms with E-state index >= 15 is 0 Å². The van der Waals surface area contributed by atoms with E-state index in [9.17, 15) is 9.90 Å². The Balaban J connectivity index is 1.91. The summed E-state index contributed by atoms with van der Waals surface area (Å²) in [4.78, 5) is 12.5. The minimum Gasteiger partial charge on any atom is -0.382 e. The Kier molecular flexibility index (Phi) is 4.47. The van der Waals surface area contributed by atoms with E-state index in [0.717, 1.165) is 31.6 Å². The maximum Gasteiger partial charge on any atom is 0.167 e. The van der Waals surface area contributed by atoms with Crippen molar-refractivity contribution in [3.05, 3.63) is 0 Å². The molecular weight excluding hydrogens is 224 g/mol. The third kappa shape index (κ3) is 2.96. The van der Waals surface area contributed by atoms with Gasteiger partial charge in [0.2, 0.25) is 0 Å². The number of hydrogen-bond donors (Lipinski definition) is 1. The highest BCUT2D eigenvalue weighted by Gasteiger charge is 2.42. The summed E-state index contributed by atoms with van der Waals surface area (Å²) in [6.45, 7) is 4.46. The van der Waals surface area contributed by atoms with E-state index in [2.05, 4.69) is 13.8 Å². The van der Waals surface area contributed by atoms with Gasteiger partial charge in [-0.2, -0.15) is 0 Å². The van der Waals surface area contributed by atoms with Crippen molar-refractivity contribution in [1.29, 1.82) is 0 Å². The van der Waals surface area contributed by atoms with Crippen molar-refractivity contribution < 1.29 is 9.90 Å². The number of carbonyl (C=O) groups is 1. The minimum absolute atomic E-state index is 0.145. The van der Waals surface area contributed by atoms with Crippen molar-refractivity contribution in [3.63, 3.8) is 0 Å². The summed E-state index contributed by atoms with van der Waals surface area (Å²) in [5.74, 6) is 1.80. The third-order valence-corrected chi connectivity index (χ3v) is 5.35. The number of rotatable bonds is 3. The topological polar surface area (TPSA) is 37.3 Å². The van der Waals surface area contributed by atoms with Crippen molar-refractivity contribution in [3.8, 4) is 0 Å². The second kappa shape index (κ2) is 5.73. The Hall–Kier alpha value is -0.370. The van der Waals surface area contributed by atoms with Crippen molar-refractivity contribution in [1.82, 2.24) is 0 Å². The second-order valence-electron chi connectivity index (χ2n) is 6.70. The normalized spacial score (nSPS) is 41.6. The van der Waals surface area contributed by atoms with Gasteiger partial charge in [-0.25, -0.2) is 0 Å². The standard InChI is InChI=1S/C16H28O2/c1-3-13-4-6-14(7-5-13)15(17)16(18)10-8-12(2)9-11-16/h12-14,18H,3-11H2,1-2H3. The van der Waals surface area contributed by atoms with Gasteiger partial charge in [0.05, 0.1) is 0 Å². The number of aliphatic hydroxyl groups is 1. The molecule has 2 aliphatic rings. The van der Waals surface area contributed by atoms with Gasteiger partial charge in [-0.1, -0.05) is 20.3 Å². The van der Waals surface area contributed by atoms with Gasteiger partial charge in [-0.3, -0.25) is 4.79 Å². The highest BCUT2D eigenvalue weighted by Crippen LogP contribution is 2.39. The molecule has 0 saturated heterocycles. The van der Waals surface area contributed by atoms with Gasteiger partial charge in [0.25, 0.3) is 0 Å². The molecule has 2 saturated carbocycles. The zero-order chi connectivity index (χ0) is 13.2. The first-order chi connectivity index (χ1) is 8.55. The molecule has 18 heavy (non-hydrogen) atoms. The smallest absolute Gasteiger partial charge is 0.167 e. The van der Waals surface area contributed by atoms with Crippen LogP contribution in [-0.4, -0.2) is 16.5 Å². The van der Waals surface area contributed by atoms with E-state index in [4.69, 9.17) is 0 Å². The maximum absolute atomic E-state index is 12.5. The molecule has 0 aromatic heterocycles. The molecule has 0 radical (unpaired) electrons. The molecule has 2 rings (SSSR count). The first-order valence-corrected chi connectivity index (χ1v) is 7.82. The second-order valence-corrected chi connectivity index (χ2v) is 6.70. The number of ketones is 1. The lowest BCUT2D eigenvalue weighted by molar-refractivity contribution is -0.147. The first-order valence-electron chi connectivity index (χ1n) is 7.82. The molecule has 0 bridgehead atoms. The Bertz CT molecular complexity index is 281. The molecular formula is C16H28O2. The van der Waals surface area contributed by atoms with Gasteiger partial charge in [-0.15, -0.1) is 0 Å². The quantitative estimate of drug-likeness (QED) is 0.831. The molecule has 2 fully saturated rings. The monoisotopic (exact) mass is 252 g/mol. The fourth-order valence-electron chi connectivity index (χ4n) is 3.70. The Morgan fingerprint density at radius 2 is 1.67 bits per heavy atom. The lowest BCUT2D eigenvalue weighted by Gasteiger charge is -2.37. The average molecular weight is 252 g/mol. The van der Waals surface area contributed by atoms with Gasteiger partial charge in [0.1, 0.15) is 5.60 Å². The summed E-state index contributed by atoms with van der Waals surface area (Å²) in [6.07, 6.45) is 9.02. The van der Waals surface area contributed by atoms with E-state index in [1.165, 1.54) is 19.3 Å². The summed E-state index contributed by atoms with van der Waals surface area (Å²) < 4.78 is 0. The van der Waals surface area contributed by atoms with Crippen LogP contribution in [0.1, 0.15) is 71.6 Å². The van der Waals surface area contributed by atoms with Gasteiger partial charge in [0, 0.05) is 5.92 Å². The largest absolute Gasteiger partial charge is 0.382 e. The summed E-state index contributed by atoms with van der Waals surface area (Å²) in [5.41, 5.74) is -0.976. The average Bonchev–Trinajstić information content (AvgIpc) is 2.41. The molecule has 2 nitrogen and oxygen atoms in total. The van der Waals surface area contributed by atoms with Crippen LogP contribution in [0.25, 0.3) is 0 Å². The predicted octanol–water partition coefficient (Wildman–Crippen LogP) is 3.71. The number of carbonyl (C=O) groups excluding carboxylic acids is 1. The van der Waals surface area contributed by atoms with Crippen LogP contribution in [0.2, 0.25) is 0 Å². The lowest BCUT2D eigenvalue weighted by atomic mass is 9.70. The molecule has 0 amide bonds. The van der Waals surface area contributed by atoms with Crippen LogP contribution in [0, 0.1) is 17.8 Å². The Morgan fingerprint density at radius 3 is 2.17 bits per heavy atom. The van der Waals surface area contributed by atoms with E-state index in [1.54, 1.807) is 0 Å². The molecule has 0 aromatic rings. The van der Waals surface area contributed by atoms with E-state index < -0.39 is 5.60 Å². The van der Waals surface area contributed by atoms with Crippen molar-refractivity contribution in [2.75, 3.05) is 0 Å². The van der Waals surface area contributed by atoms with Crippen LogP contribution in [0.15, 0.2) is 0 Å². The van der Waals surface area contributed by atoms with Crippen molar-refractivity contribution in [2.24, 2.45) is 17.8 Å². The van der Waals surface area contributed by atoms with E-state index in [1.807, 2.05) is 0 Å². The molecule has 0 unspecified atom stereocenters. The number of Topliss-reactive ketones (excluding diaryl/α,β-unsaturated/α-hetero) is 1. The van der Waals surface area contributed by atoms with Crippen LogP contribution >= 0.6 is 0 Å². The van der Waals surface area contributed by atoms with Crippen LogP contribution in [0.4, 0.5) is 0 Å². The Morgan fingerprint density at radius 1 is 1.11 bits per heavy atom. The summed E-state index contributed by atoms with van der Waals surface area (Å²) >= 11 is 0. The first kappa shape index (κ1) is 14.0. The third-order valence-electron chi connectivity index (χ3n) is 5.35. The van der Waals surface area contributed by atoms with Gasteiger partial charge in [0.15, 0.2) is 5.78 Å². The predicted molar refractivity (Wildman–Crippen MR) is 73.3 cm³/mol. The van der Waals surface area contributed by atoms with Gasteiger partial charge < -0.3 is 5.11 Å². The van der Waals surface area contributed by atoms with Crippen LogP contribution in [-0.2, 0) is 4.79 Å². The zero-order valence-electron chi connectivity index (χ0n) is 12.0. The molecule has 2 aliphatic carbocycles. The van der Waals surface area contributed by atoms with Crippen LogP contribution in [0.3, 0.4) is 0 Å². The van der Waals surface area contributed by atoms with Crippen LogP contribution in [0.5, 0.6) is 0 Å². The summed E-state index contributed by atoms with van der Waals surface area (Å²) in [7, 11) is 0. The molecule has 0 aromatic carbocycles. The van der Waals surface area contributed by atoms with Crippen molar-refractivity contribution >= 4 is 5.78 Å². The molecule has 0 atom stereocenters. The maximum atomic E-state index is 12.5. The highest BCUT2D eigenvalue weighted by molar-refractivity contribution is 5.89. The SMILES string of the molecule is CCC1CCC(C(=O)C2(O)CCC(C)CC2)CC1. The number of hydrogen-bond acceptors (Lipinski definition) is 2. The Labute approximate surface area is 111 Å². The molecule has 0 aliphatic heterocycles. The fraction of sp³-hybridized carbons (Fsp3) is 0.938. The molecule has 0 spiro atoms. The highest BCUT2D eigenvalue weighted by atomic mass is 16.3. The van der Waals surface area contributed by atoms with Gasteiger partial charge in [-0.05, 0) is 63.2 Å². The zero-order valence-corrected chi connectivity index (χ0v) is 12.0.